The molecule has 3 heterocycles. The van der Waals surface area contributed by atoms with E-state index in [0.717, 1.165) is 0 Å². The van der Waals surface area contributed by atoms with Gasteiger partial charge < -0.3 is 19.6 Å². The average molecular weight is 275 g/mol. The zero-order valence-corrected chi connectivity index (χ0v) is 10.6. The average Bonchev–Trinajstić information content (AvgIpc) is 3.05. The van der Waals surface area contributed by atoms with Crippen LogP contribution in [0.4, 0.5) is 0 Å². The number of aromatic nitrogens is 2. The SMILES string of the molecule is O=C(NC1(C(=O)O)CCOC1)c1cn2ccccc2n1. The highest BCUT2D eigenvalue weighted by Crippen LogP contribution is 2.19. The summed E-state index contributed by atoms with van der Waals surface area (Å²) in [4.78, 5) is 27.7. The highest BCUT2D eigenvalue weighted by molar-refractivity contribution is 5.97. The van der Waals surface area contributed by atoms with Gasteiger partial charge in [0.15, 0.2) is 5.54 Å². The highest BCUT2D eigenvalue weighted by Gasteiger charge is 2.44. The Bertz CT molecular complexity index is 640. The Morgan fingerprint density at radius 3 is 2.95 bits per heavy atom. The van der Waals surface area contributed by atoms with Crippen molar-refractivity contribution in [1.29, 1.82) is 0 Å². The van der Waals surface area contributed by atoms with Gasteiger partial charge in [-0.25, -0.2) is 9.78 Å². The molecule has 0 aromatic carbocycles. The minimum Gasteiger partial charge on any atom is -0.479 e. The molecule has 0 radical (unpaired) electrons. The minimum atomic E-state index is -1.35. The van der Waals surface area contributed by atoms with Gasteiger partial charge in [-0.15, -0.1) is 0 Å². The third-order valence-electron chi connectivity index (χ3n) is 3.38. The zero-order valence-electron chi connectivity index (χ0n) is 10.6. The lowest BCUT2D eigenvalue weighted by Crippen LogP contribution is -2.55. The van der Waals surface area contributed by atoms with Crippen LogP contribution in [0.25, 0.3) is 5.65 Å². The fourth-order valence-corrected chi connectivity index (χ4v) is 2.21. The van der Waals surface area contributed by atoms with Crippen LogP contribution >= 0.6 is 0 Å². The number of carboxylic acids is 1. The Labute approximate surface area is 114 Å². The molecule has 1 unspecified atom stereocenters. The summed E-state index contributed by atoms with van der Waals surface area (Å²) in [7, 11) is 0. The van der Waals surface area contributed by atoms with Gasteiger partial charge in [0.1, 0.15) is 11.3 Å². The Hall–Kier alpha value is -2.41. The monoisotopic (exact) mass is 275 g/mol. The number of hydrogen-bond acceptors (Lipinski definition) is 4. The predicted molar refractivity (Wildman–Crippen MR) is 68.5 cm³/mol. The summed E-state index contributed by atoms with van der Waals surface area (Å²) < 4.78 is 6.80. The zero-order chi connectivity index (χ0) is 14.2. The molecular weight excluding hydrogens is 262 g/mol. The number of pyridine rings is 1. The second kappa shape index (κ2) is 4.61. The summed E-state index contributed by atoms with van der Waals surface area (Å²) in [5.74, 6) is -1.60. The van der Waals surface area contributed by atoms with Crippen molar-refractivity contribution in [2.45, 2.75) is 12.0 Å². The van der Waals surface area contributed by atoms with Crippen LogP contribution in [0.2, 0.25) is 0 Å². The smallest absolute Gasteiger partial charge is 0.331 e. The molecule has 0 saturated carbocycles. The number of imidazole rings is 1. The molecule has 1 aliphatic rings. The van der Waals surface area contributed by atoms with E-state index in [4.69, 9.17) is 4.74 Å². The van der Waals surface area contributed by atoms with Gasteiger partial charge in [0.05, 0.1) is 6.61 Å². The van der Waals surface area contributed by atoms with Gasteiger partial charge in [0.2, 0.25) is 0 Å². The second-order valence-corrected chi connectivity index (χ2v) is 4.74. The molecule has 0 aliphatic carbocycles. The van der Waals surface area contributed by atoms with Crippen molar-refractivity contribution in [3.63, 3.8) is 0 Å². The van der Waals surface area contributed by atoms with Crippen molar-refractivity contribution in [1.82, 2.24) is 14.7 Å². The van der Waals surface area contributed by atoms with Crippen molar-refractivity contribution in [3.8, 4) is 0 Å². The van der Waals surface area contributed by atoms with E-state index in [1.807, 2.05) is 12.1 Å². The molecule has 1 atom stereocenters. The number of hydrogen-bond donors (Lipinski definition) is 2. The molecule has 3 rings (SSSR count). The number of fused-ring (bicyclic) bond motifs is 1. The number of carboxylic acid groups (broad SMARTS) is 1. The molecular formula is C13H13N3O4. The number of aliphatic carboxylic acids is 1. The molecule has 0 spiro atoms. The molecule has 0 bridgehead atoms. The number of nitrogens with one attached hydrogen (secondary N) is 1. The van der Waals surface area contributed by atoms with E-state index in [1.165, 1.54) is 0 Å². The molecule has 104 valence electrons. The van der Waals surface area contributed by atoms with Crippen LogP contribution < -0.4 is 5.32 Å². The quantitative estimate of drug-likeness (QED) is 0.840. The molecule has 20 heavy (non-hydrogen) atoms. The third-order valence-corrected chi connectivity index (χ3v) is 3.38. The lowest BCUT2D eigenvalue weighted by Gasteiger charge is -2.22. The Morgan fingerprint density at radius 1 is 1.45 bits per heavy atom. The summed E-state index contributed by atoms with van der Waals surface area (Å²) in [6.07, 6.45) is 3.59. The summed E-state index contributed by atoms with van der Waals surface area (Å²) in [5, 5.41) is 11.8. The van der Waals surface area contributed by atoms with Crippen LogP contribution in [-0.4, -0.2) is 45.1 Å². The molecule has 2 aromatic heterocycles. The Kier molecular flexibility index (Phi) is 2.90. The maximum absolute atomic E-state index is 12.2. The van der Waals surface area contributed by atoms with E-state index in [-0.39, 0.29) is 18.7 Å². The first-order valence-corrected chi connectivity index (χ1v) is 6.18. The predicted octanol–water partition coefficient (Wildman–Crippen LogP) is 0.308. The fourth-order valence-electron chi connectivity index (χ4n) is 2.21. The molecule has 2 N–H and O–H groups in total. The van der Waals surface area contributed by atoms with Gasteiger partial charge in [-0.2, -0.15) is 0 Å². The summed E-state index contributed by atoms with van der Waals surface area (Å²) in [6.45, 7) is 0.291. The van der Waals surface area contributed by atoms with Crippen LogP contribution in [0.1, 0.15) is 16.9 Å². The standard InChI is InChI=1S/C13H13N3O4/c17-11(15-13(12(18)19)4-6-20-8-13)9-7-16-5-2-1-3-10(16)14-9/h1-3,5,7H,4,6,8H2,(H,15,17)(H,18,19). The largest absolute Gasteiger partial charge is 0.479 e. The van der Waals surface area contributed by atoms with Crippen LogP contribution in [0.3, 0.4) is 0 Å². The first-order chi connectivity index (χ1) is 9.61. The van der Waals surface area contributed by atoms with Gasteiger partial charge in [0.25, 0.3) is 5.91 Å². The first kappa shape index (κ1) is 12.6. The Morgan fingerprint density at radius 2 is 2.30 bits per heavy atom. The van der Waals surface area contributed by atoms with Gasteiger partial charge >= 0.3 is 5.97 Å². The normalized spacial score (nSPS) is 22.0. The number of amides is 1. The Balaban J connectivity index is 1.87. The maximum atomic E-state index is 12.2. The first-order valence-electron chi connectivity index (χ1n) is 6.18. The van der Waals surface area contributed by atoms with Crippen molar-refractivity contribution in [2.24, 2.45) is 0 Å². The van der Waals surface area contributed by atoms with Crippen molar-refractivity contribution in [3.05, 3.63) is 36.3 Å². The van der Waals surface area contributed by atoms with E-state index >= 15 is 0 Å². The molecule has 7 nitrogen and oxygen atoms in total. The molecule has 1 saturated heterocycles. The summed E-state index contributed by atoms with van der Waals surface area (Å²) in [5.41, 5.74) is -0.541. The van der Waals surface area contributed by atoms with Crippen molar-refractivity contribution in [2.75, 3.05) is 13.2 Å². The number of carbonyl (C=O) groups excluding carboxylic acids is 1. The number of rotatable bonds is 3. The van der Waals surface area contributed by atoms with E-state index in [2.05, 4.69) is 10.3 Å². The van der Waals surface area contributed by atoms with E-state index < -0.39 is 17.4 Å². The van der Waals surface area contributed by atoms with Crippen LogP contribution in [0.5, 0.6) is 0 Å². The lowest BCUT2D eigenvalue weighted by atomic mass is 9.99. The lowest BCUT2D eigenvalue weighted by molar-refractivity contribution is -0.144. The van der Waals surface area contributed by atoms with Crippen molar-refractivity contribution < 1.29 is 19.4 Å². The van der Waals surface area contributed by atoms with Gasteiger partial charge in [-0.05, 0) is 12.1 Å². The minimum absolute atomic E-state index is 0.0263. The van der Waals surface area contributed by atoms with Gasteiger partial charge in [-0.3, -0.25) is 4.79 Å². The molecule has 7 heteroatoms. The fraction of sp³-hybridized carbons (Fsp3) is 0.308. The molecule has 1 amide bonds. The third kappa shape index (κ3) is 2.01. The molecule has 2 aromatic rings. The van der Waals surface area contributed by atoms with Crippen LogP contribution in [-0.2, 0) is 9.53 Å². The number of carbonyl (C=O) groups is 2. The number of nitrogens with zero attached hydrogens (tertiary/aromatic N) is 2. The summed E-state index contributed by atoms with van der Waals surface area (Å²) >= 11 is 0. The van der Waals surface area contributed by atoms with Gasteiger partial charge in [-0.1, -0.05) is 6.07 Å². The second-order valence-electron chi connectivity index (χ2n) is 4.74. The van der Waals surface area contributed by atoms with Crippen molar-refractivity contribution >= 4 is 17.5 Å². The van der Waals surface area contributed by atoms with E-state index in [0.29, 0.717) is 12.3 Å². The van der Waals surface area contributed by atoms with Crippen LogP contribution in [0.15, 0.2) is 30.6 Å². The maximum Gasteiger partial charge on any atom is 0.331 e. The summed E-state index contributed by atoms with van der Waals surface area (Å²) in [6, 6.07) is 5.40. The van der Waals surface area contributed by atoms with E-state index in [1.54, 1.807) is 22.9 Å². The van der Waals surface area contributed by atoms with Gasteiger partial charge in [0, 0.05) is 25.4 Å². The molecule has 1 aliphatic heterocycles. The topological polar surface area (TPSA) is 92.9 Å². The highest BCUT2D eigenvalue weighted by atomic mass is 16.5. The van der Waals surface area contributed by atoms with E-state index in [9.17, 15) is 14.7 Å². The molecule has 1 fully saturated rings. The number of ether oxygens (including phenoxy) is 1. The van der Waals surface area contributed by atoms with Crippen LogP contribution in [0, 0.1) is 0 Å².